The average molecular weight is 465 g/mol. The predicted molar refractivity (Wildman–Crippen MR) is 121 cm³/mol. The number of piperazine rings is 1. The summed E-state index contributed by atoms with van der Waals surface area (Å²) in [5, 5.41) is 13.9. The second-order valence-electron chi connectivity index (χ2n) is 7.70. The van der Waals surface area contributed by atoms with E-state index in [1.54, 1.807) is 59.6 Å². The molecule has 1 saturated heterocycles. The molecular weight excluding hydrogens is 444 g/mol. The molecule has 2 aromatic heterocycles. The fraction of sp³-hybridized carbons (Fsp3) is 0.182. The van der Waals surface area contributed by atoms with Gasteiger partial charge < -0.3 is 4.90 Å². The van der Waals surface area contributed by atoms with Crippen molar-refractivity contribution in [2.45, 2.75) is 4.90 Å². The van der Waals surface area contributed by atoms with Gasteiger partial charge in [-0.1, -0.05) is 12.1 Å². The second kappa shape index (κ2) is 8.26. The summed E-state index contributed by atoms with van der Waals surface area (Å²) in [4.78, 5) is 25.9. The molecule has 0 radical (unpaired) electrons. The molecule has 2 aromatic carbocycles. The molecule has 0 unspecified atom stereocenters. The number of sulfonamides is 1. The number of hydrogen-bond donors (Lipinski definition) is 2. The lowest BCUT2D eigenvalue weighted by molar-refractivity contribution is 0.0698. The van der Waals surface area contributed by atoms with Gasteiger partial charge >= 0.3 is 0 Å². The van der Waals surface area contributed by atoms with Crippen LogP contribution in [0, 0.1) is 0 Å². The molecule has 1 amide bonds. The van der Waals surface area contributed by atoms with E-state index in [-0.39, 0.29) is 29.5 Å². The Morgan fingerprint density at radius 3 is 2.36 bits per heavy atom. The van der Waals surface area contributed by atoms with Crippen LogP contribution in [-0.2, 0) is 10.0 Å². The lowest BCUT2D eigenvalue weighted by Crippen LogP contribution is -2.50. The molecule has 0 spiro atoms. The summed E-state index contributed by atoms with van der Waals surface area (Å²) >= 11 is 0. The molecule has 3 heterocycles. The minimum absolute atomic E-state index is 0.160. The summed E-state index contributed by atoms with van der Waals surface area (Å²) in [6.07, 6.45) is 1.64. The number of H-pyrrole nitrogens is 2. The highest BCUT2D eigenvalue weighted by atomic mass is 32.2. The number of amides is 1. The first-order valence-electron chi connectivity index (χ1n) is 10.3. The van der Waals surface area contributed by atoms with Crippen molar-refractivity contribution in [2.24, 2.45) is 0 Å². The van der Waals surface area contributed by atoms with Crippen molar-refractivity contribution < 1.29 is 13.2 Å². The molecule has 10 nitrogen and oxygen atoms in total. The minimum atomic E-state index is -3.67. The van der Waals surface area contributed by atoms with Crippen molar-refractivity contribution >= 4 is 26.8 Å². The molecule has 2 N–H and O–H groups in total. The Hall–Kier alpha value is -3.83. The van der Waals surface area contributed by atoms with E-state index in [0.717, 1.165) is 10.9 Å². The quantitative estimate of drug-likeness (QED) is 0.470. The standard InChI is InChI=1S/C22H20N6O4S/c29-21-8-7-19(25-26-21)15-1-3-16(4-2-15)22(30)27-9-11-28(12-10-27)33(31,32)18-6-5-17-14-23-24-20(17)13-18/h1-8,13-14H,9-12H2,(H,23,24)(H,26,29). The molecular formula is C22H20N6O4S. The third-order valence-corrected chi connectivity index (χ3v) is 7.58. The first-order valence-corrected chi connectivity index (χ1v) is 11.7. The molecule has 168 valence electrons. The van der Waals surface area contributed by atoms with Crippen molar-refractivity contribution in [3.05, 3.63) is 76.7 Å². The van der Waals surface area contributed by atoms with Crippen molar-refractivity contribution in [3.63, 3.8) is 0 Å². The highest BCUT2D eigenvalue weighted by Crippen LogP contribution is 2.22. The van der Waals surface area contributed by atoms with Gasteiger partial charge in [0.1, 0.15) is 0 Å². The monoisotopic (exact) mass is 464 g/mol. The second-order valence-corrected chi connectivity index (χ2v) is 9.64. The summed E-state index contributed by atoms with van der Waals surface area (Å²) in [6.45, 7) is 1.03. The Bertz CT molecular complexity index is 1460. The highest BCUT2D eigenvalue weighted by molar-refractivity contribution is 7.89. The van der Waals surface area contributed by atoms with E-state index in [4.69, 9.17) is 0 Å². The lowest BCUT2D eigenvalue weighted by Gasteiger charge is -2.34. The van der Waals surface area contributed by atoms with Crippen LogP contribution >= 0.6 is 0 Å². The first-order chi connectivity index (χ1) is 15.9. The topological polar surface area (TPSA) is 132 Å². The maximum atomic E-state index is 13.1. The summed E-state index contributed by atoms with van der Waals surface area (Å²) < 4.78 is 27.5. The van der Waals surface area contributed by atoms with E-state index in [0.29, 0.717) is 29.9 Å². The molecule has 5 rings (SSSR count). The molecule has 11 heteroatoms. The molecule has 1 aliphatic rings. The fourth-order valence-electron chi connectivity index (χ4n) is 3.83. The number of aromatic nitrogens is 4. The molecule has 4 aromatic rings. The fourth-order valence-corrected chi connectivity index (χ4v) is 5.28. The van der Waals surface area contributed by atoms with Crippen LogP contribution in [0.25, 0.3) is 22.2 Å². The zero-order chi connectivity index (χ0) is 23.0. The Labute approximate surface area is 188 Å². The molecule has 1 aliphatic heterocycles. The van der Waals surface area contributed by atoms with Gasteiger partial charge in [0.25, 0.3) is 11.5 Å². The van der Waals surface area contributed by atoms with Gasteiger partial charge in [0.05, 0.1) is 22.3 Å². The predicted octanol–water partition coefficient (Wildman–Crippen LogP) is 1.46. The smallest absolute Gasteiger partial charge is 0.264 e. The summed E-state index contributed by atoms with van der Waals surface area (Å²) in [5.74, 6) is -0.160. The van der Waals surface area contributed by atoms with Gasteiger partial charge in [0.2, 0.25) is 10.0 Å². The number of hydrogen-bond acceptors (Lipinski definition) is 6. The lowest BCUT2D eigenvalue weighted by atomic mass is 10.1. The van der Waals surface area contributed by atoms with E-state index in [9.17, 15) is 18.0 Å². The number of nitrogens with one attached hydrogen (secondary N) is 2. The summed E-state index contributed by atoms with van der Waals surface area (Å²) in [5.41, 5.74) is 2.25. The van der Waals surface area contributed by atoms with Crippen LogP contribution in [0.3, 0.4) is 0 Å². The van der Waals surface area contributed by atoms with Gasteiger partial charge in [-0.2, -0.15) is 14.5 Å². The van der Waals surface area contributed by atoms with Crippen molar-refractivity contribution in [1.82, 2.24) is 29.6 Å². The minimum Gasteiger partial charge on any atom is -0.336 e. The van der Waals surface area contributed by atoms with Crippen molar-refractivity contribution in [2.75, 3.05) is 26.2 Å². The van der Waals surface area contributed by atoms with Gasteiger partial charge in [0.15, 0.2) is 0 Å². The summed E-state index contributed by atoms with van der Waals surface area (Å²) in [6, 6.07) is 14.8. The van der Waals surface area contributed by atoms with E-state index >= 15 is 0 Å². The molecule has 33 heavy (non-hydrogen) atoms. The normalized spacial score (nSPS) is 15.1. The van der Waals surface area contributed by atoms with Crippen LogP contribution in [0.5, 0.6) is 0 Å². The number of aromatic amines is 2. The van der Waals surface area contributed by atoms with Crippen LogP contribution in [0.4, 0.5) is 0 Å². The zero-order valence-electron chi connectivity index (χ0n) is 17.4. The van der Waals surface area contributed by atoms with E-state index in [2.05, 4.69) is 20.4 Å². The van der Waals surface area contributed by atoms with Crippen molar-refractivity contribution in [1.29, 1.82) is 0 Å². The largest absolute Gasteiger partial charge is 0.336 e. The number of rotatable bonds is 4. The maximum Gasteiger partial charge on any atom is 0.264 e. The van der Waals surface area contributed by atoms with Crippen molar-refractivity contribution in [3.8, 4) is 11.3 Å². The van der Waals surface area contributed by atoms with Crippen LogP contribution < -0.4 is 5.56 Å². The molecule has 0 bridgehead atoms. The number of fused-ring (bicyclic) bond motifs is 1. The Morgan fingerprint density at radius 2 is 1.67 bits per heavy atom. The van der Waals surface area contributed by atoms with Gasteiger partial charge in [-0.15, -0.1) is 0 Å². The van der Waals surface area contributed by atoms with Gasteiger partial charge in [-0.05, 0) is 36.4 Å². The van der Waals surface area contributed by atoms with E-state index in [1.807, 2.05) is 0 Å². The van der Waals surface area contributed by atoms with Gasteiger partial charge in [0, 0.05) is 48.8 Å². The molecule has 0 atom stereocenters. The number of nitrogens with zero attached hydrogens (tertiary/aromatic N) is 4. The summed E-state index contributed by atoms with van der Waals surface area (Å²) in [7, 11) is -3.67. The SMILES string of the molecule is O=C(c1ccc(-c2ccc(=O)[nH]n2)cc1)N1CCN(S(=O)(=O)c2ccc3cn[nH]c3c2)CC1. The van der Waals surface area contributed by atoms with Crippen LogP contribution in [0.15, 0.2) is 70.5 Å². The van der Waals surface area contributed by atoms with E-state index < -0.39 is 10.0 Å². The number of carbonyl (C=O) groups excluding carboxylic acids is 1. The Balaban J connectivity index is 1.26. The maximum absolute atomic E-state index is 13.1. The third-order valence-electron chi connectivity index (χ3n) is 5.68. The van der Waals surface area contributed by atoms with Crippen LogP contribution in [0.2, 0.25) is 0 Å². The zero-order valence-corrected chi connectivity index (χ0v) is 18.2. The molecule has 0 saturated carbocycles. The first kappa shape index (κ1) is 21.0. The Kier molecular flexibility index (Phi) is 5.27. The highest BCUT2D eigenvalue weighted by Gasteiger charge is 2.30. The van der Waals surface area contributed by atoms with Crippen LogP contribution in [-0.4, -0.2) is 70.1 Å². The van der Waals surface area contributed by atoms with Gasteiger partial charge in [-0.3, -0.25) is 14.7 Å². The molecule has 0 aliphatic carbocycles. The number of carbonyl (C=O) groups is 1. The molecule has 1 fully saturated rings. The van der Waals surface area contributed by atoms with Gasteiger partial charge in [-0.25, -0.2) is 13.5 Å². The number of benzene rings is 2. The third kappa shape index (κ3) is 4.03. The Morgan fingerprint density at radius 1 is 0.909 bits per heavy atom. The van der Waals surface area contributed by atoms with E-state index in [1.165, 1.54) is 10.4 Å². The average Bonchev–Trinajstić information content (AvgIpc) is 3.32. The van der Waals surface area contributed by atoms with Crippen LogP contribution in [0.1, 0.15) is 10.4 Å².